The molecule has 52 valence electrons. The second-order valence-corrected chi connectivity index (χ2v) is 2.50. The Morgan fingerprint density at radius 3 is 2.36 bits per heavy atom. The Hall–Kier alpha value is -1.31. The summed E-state index contributed by atoms with van der Waals surface area (Å²) in [5.41, 5.74) is 1.57. The molecule has 11 heavy (non-hydrogen) atoms. The van der Waals surface area contributed by atoms with Crippen molar-refractivity contribution in [3.63, 3.8) is 0 Å². The highest BCUT2D eigenvalue weighted by molar-refractivity contribution is 7.80. The second-order valence-electron chi connectivity index (χ2n) is 2.02. The van der Waals surface area contributed by atoms with Gasteiger partial charge < -0.3 is 0 Å². The molecule has 0 aliphatic carbocycles. The van der Waals surface area contributed by atoms with Crippen LogP contribution in [0.1, 0.15) is 11.1 Å². The Balaban J connectivity index is 3.25. The Kier molecular flexibility index (Phi) is 2.26. The van der Waals surface area contributed by atoms with Crippen LogP contribution in [0.5, 0.6) is 0 Å². The zero-order valence-corrected chi connectivity index (χ0v) is 6.73. The van der Waals surface area contributed by atoms with E-state index in [2.05, 4.69) is 24.5 Å². The molecule has 0 aromatic heterocycles. The maximum atomic E-state index is 5.19. The highest BCUT2D eigenvalue weighted by Crippen LogP contribution is 2.13. The van der Waals surface area contributed by atoms with E-state index in [1.54, 1.807) is 18.2 Å². The standard InChI is InChI=1S/C10H6S/c1-3-8-5-6-9(4-2)10(11)7-8/h1-2,5-7,11H. The topological polar surface area (TPSA) is 0 Å². The zero-order chi connectivity index (χ0) is 8.27. The zero-order valence-electron chi connectivity index (χ0n) is 5.83. The number of hydrogen-bond donors (Lipinski definition) is 1. The van der Waals surface area contributed by atoms with Crippen LogP contribution in [0.2, 0.25) is 0 Å². The van der Waals surface area contributed by atoms with Crippen LogP contribution in [0.4, 0.5) is 0 Å². The molecule has 0 nitrogen and oxygen atoms in total. The average Bonchev–Trinajstić information content (AvgIpc) is 2.04. The first-order valence-corrected chi connectivity index (χ1v) is 3.49. The maximum absolute atomic E-state index is 5.19. The molecule has 0 fully saturated rings. The smallest absolute Gasteiger partial charge is 0.0376 e. The van der Waals surface area contributed by atoms with E-state index in [0.717, 1.165) is 16.0 Å². The van der Waals surface area contributed by atoms with Crippen LogP contribution in [0.15, 0.2) is 23.1 Å². The molecular weight excluding hydrogens is 152 g/mol. The monoisotopic (exact) mass is 158 g/mol. The fourth-order valence-electron chi connectivity index (χ4n) is 0.743. The van der Waals surface area contributed by atoms with Gasteiger partial charge in [-0.1, -0.05) is 11.8 Å². The van der Waals surface area contributed by atoms with Crippen molar-refractivity contribution >= 4 is 12.6 Å². The van der Waals surface area contributed by atoms with Crippen LogP contribution >= 0.6 is 12.6 Å². The summed E-state index contributed by atoms with van der Waals surface area (Å²) in [6, 6.07) is 5.37. The molecule has 1 aromatic carbocycles. The first-order valence-electron chi connectivity index (χ1n) is 3.04. The predicted molar refractivity (Wildman–Crippen MR) is 49.6 cm³/mol. The lowest BCUT2D eigenvalue weighted by atomic mass is 10.1. The fraction of sp³-hybridized carbons (Fsp3) is 0. The number of benzene rings is 1. The molecule has 0 aliphatic rings. The van der Waals surface area contributed by atoms with Gasteiger partial charge in [-0.05, 0) is 18.2 Å². The Labute approximate surface area is 72.0 Å². The third-order valence-corrected chi connectivity index (χ3v) is 1.69. The molecule has 0 spiro atoms. The molecule has 0 saturated heterocycles. The van der Waals surface area contributed by atoms with E-state index in [9.17, 15) is 0 Å². The van der Waals surface area contributed by atoms with E-state index in [4.69, 9.17) is 12.8 Å². The van der Waals surface area contributed by atoms with Gasteiger partial charge in [0.05, 0.1) is 0 Å². The van der Waals surface area contributed by atoms with Crippen LogP contribution in [0.25, 0.3) is 0 Å². The third kappa shape index (κ3) is 1.58. The predicted octanol–water partition coefficient (Wildman–Crippen LogP) is 1.94. The van der Waals surface area contributed by atoms with E-state index in [0.29, 0.717) is 0 Å². The first kappa shape index (κ1) is 7.79. The van der Waals surface area contributed by atoms with Crippen LogP contribution in [0.3, 0.4) is 0 Å². The Bertz CT molecular complexity index is 350. The quantitative estimate of drug-likeness (QED) is 0.433. The highest BCUT2D eigenvalue weighted by Gasteiger charge is 1.94. The number of rotatable bonds is 0. The Morgan fingerprint density at radius 2 is 1.91 bits per heavy atom. The van der Waals surface area contributed by atoms with Crippen LogP contribution in [-0.4, -0.2) is 0 Å². The molecule has 0 heterocycles. The number of hydrogen-bond acceptors (Lipinski definition) is 1. The highest BCUT2D eigenvalue weighted by atomic mass is 32.1. The van der Waals surface area contributed by atoms with E-state index in [1.807, 2.05) is 0 Å². The maximum Gasteiger partial charge on any atom is 0.0376 e. The average molecular weight is 158 g/mol. The van der Waals surface area contributed by atoms with Crippen molar-refractivity contribution < 1.29 is 0 Å². The van der Waals surface area contributed by atoms with Crippen molar-refractivity contribution in [2.75, 3.05) is 0 Å². The van der Waals surface area contributed by atoms with Gasteiger partial charge in [-0.2, -0.15) is 0 Å². The molecule has 0 amide bonds. The van der Waals surface area contributed by atoms with Gasteiger partial charge in [0.15, 0.2) is 0 Å². The number of thiol groups is 1. The Morgan fingerprint density at radius 1 is 1.18 bits per heavy atom. The lowest BCUT2D eigenvalue weighted by Crippen LogP contribution is -1.79. The number of terminal acetylenes is 2. The van der Waals surface area contributed by atoms with Crippen molar-refractivity contribution in [2.45, 2.75) is 4.90 Å². The van der Waals surface area contributed by atoms with Crippen molar-refractivity contribution in [3.8, 4) is 24.7 Å². The van der Waals surface area contributed by atoms with Gasteiger partial charge in [-0.25, -0.2) is 0 Å². The molecule has 1 heteroatoms. The van der Waals surface area contributed by atoms with Gasteiger partial charge in [-0.3, -0.25) is 0 Å². The largest absolute Gasteiger partial charge is 0.142 e. The van der Waals surface area contributed by atoms with Gasteiger partial charge in [0.25, 0.3) is 0 Å². The van der Waals surface area contributed by atoms with E-state index in [-0.39, 0.29) is 0 Å². The third-order valence-electron chi connectivity index (χ3n) is 1.32. The van der Waals surface area contributed by atoms with Crippen molar-refractivity contribution in [2.24, 2.45) is 0 Å². The lowest BCUT2D eigenvalue weighted by molar-refractivity contribution is 1.41. The molecule has 0 saturated carbocycles. The minimum atomic E-state index is 0.753. The summed E-state index contributed by atoms with van der Waals surface area (Å²) >= 11 is 4.16. The molecule has 0 atom stereocenters. The normalized spacial score (nSPS) is 8.27. The molecule has 1 aromatic rings. The molecule has 0 aliphatic heterocycles. The summed E-state index contributed by atoms with van der Waals surface area (Å²) < 4.78 is 0. The van der Waals surface area contributed by atoms with Gasteiger partial charge >= 0.3 is 0 Å². The van der Waals surface area contributed by atoms with Crippen LogP contribution in [0, 0.1) is 24.7 Å². The summed E-state index contributed by atoms with van der Waals surface area (Å²) in [7, 11) is 0. The molecule has 0 unspecified atom stereocenters. The van der Waals surface area contributed by atoms with Crippen LogP contribution < -0.4 is 0 Å². The summed E-state index contributed by atoms with van der Waals surface area (Å²) in [4.78, 5) is 0.753. The second kappa shape index (κ2) is 3.19. The van der Waals surface area contributed by atoms with E-state index < -0.39 is 0 Å². The van der Waals surface area contributed by atoms with Gasteiger partial charge in [-0.15, -0.1) is 25.5 Å². The molecule has 1 rings (SSSR count). The van der Waals surface area contributed by atoms with Gasteiger partial charge in [0, 0.05) is 16.0 Å². The van der Waals surface area contributed by atoms with Crippen molar-refractivity contribution in [1.29, 1.82) is 0 Å². The summed E-state index contributed by atoms with van der Waals surface area (Å²) in [5.74, 6) is 5.00. The molecule has 0 radical (unpaired) electrons. The van der Waals surface area contributed by atoms with Crippen molar-refractivity contribution in [3.05, 3.63) is 29.3 Å². The summed E-state index contributed by atoms with van der Waals surface area (Å²) in [6.07, 6.45) is 10.4. The summed E-state index contributed by atoms with van der Waals surface area (Å²) in [5, 5.41) is 0. The van der Waals surface area contributed by atoms with Crippen molar-refractivity contribution in [1.82, 2.24) is 0 Å². The minimum Gasteiger partial charge on any atom is -0.142 e. The van der Waals surface area contributed by atoms with E-state index >= 15 is 0 Å². The molecular formula is C10H6S. The van der Waals surface area contributed by atoms with Gasteiger partial charge in [0.2, 0.25) is 0 Å². The molecule has 0 bridgehead atoms. The SMILES string of the molecule is C#Cc1ccc(C#C)c(S)c1. The lowest BCUT2D eigenvalue weighted by Gasteiger charge is -1.96. The van der Waals surface area contributed by atoms with Crippen LogP contribution in [-0.2, 0) is 0 Å². The first-order chi connectivity index (χ1) is 5.27. The minimum absolute atomic E-state index is 0.753. The van der Waals surface area contributed by atoms with Gasteiger partial charge in [0.1, 0.15) is 0 Å². The molecule has 0 N–H and O–H groups in total. The summed E-state index contributed by atoms with van der Waals surface area (Å²) in [6.45, 7) is 0. The fourth-order valence-corrected chi connectivity index (χ4v) is 1.02. The van der Waals surface area contributed by atoms with E-state index in [1.165, 1.54) is 0 Å².